The van der Waals surface area contributed by atoms with Crippen LogP contribution in [-0.4, -0.2) is 12.6 Å². The molecule has 0 aromatic heterocycles. The van der Waals surface area contributed by atoms with Gasteiger partial charge < -0.3 is 10.1 Å². The zero-order valence-electron chi connectivity index (χ0n) is 11.9. The lowest BCUT2D eigenvalue weighted by molar-refractivity contribution is 0.0791. The Hall–Kier alpha value is -1.64. The average molecular weight is 267 g/mol. The number of hydrogen-bond donors (Lipinski definition) is 1. The molecule has 2 heteroatoms. The van der Waals surface area contributed by atoms with E-state index in [9.17, 15) is 0 Å². The predicted octanol–water partition coefficient (Wildman–Crippen LogP) is 3.48. The van der Waals surface area contributed by atoms with Gasteiger partial charge in [0.15, 0.2) is 0 Å². The van der Waals surface area contributed by atoms with Crippen molar-refractivity contribution >= 4 is 0 Å². The van der Waals surface area contributed by atoms with Crippen molar-refractivity contribution < 1.29 is 4.74 Å². The van der Waals surface area contributed by atoms with Gasteiger partial charge in [0, 0.05) is 6.04 Å². The maximum absolute atomic E-state index is 5.70. The Morgan fingerprint density at radius 3 is 2.70 bits per heavy atom. The van der Waals surface area contributed by atoms with Crippen molar-refractivity contribution in [1.29, 1.82) is 0 Å². The Morgan fingerprint density at radius 2 is 1.85 bits per heavy atom. The first kappa shape index (κ1) is 13.3. The lowest BCUT2D eigenvalue weighted by atomic mass is 9.97. The topological polar surface area (TPSA) is 21.3 Å². The Balaban J connectivity index is 1.66. The molecule has 1 N–H and O–H groups in total. The highest BCUT2D eigenvalue weighted by Gasteiger charge is 2.21. The standard InChI is InChI=1S/C18H21NO/c1-14(11-15-7-3-2-4-8-15)19-18-13-20-12-16-9-5-6-10-17(16)18/h2-10,14,18-19H,11-13H2,1H3. The normalized spacial score (nSPS) is 19.4. The summed E-state index contributed by atoms with van der Waals surface area (Å²) >= 11 is 0. The first-order valence-electron chi connectivity index (χ1n) is 7.28. The van der Waals surface area contributed by atoms with Crippen LogP contribution in [0.15, 0.2) is 54.6 Å². The minimum absolute atomic E-state index is 0.304. The van der Waals surface area contributed by atoms with E-state index in [2.05, 4.69) is 66.8 Å². The first-order chi connectivity index (χ1) is 9.83. The number of ether oxygens (including phenoxy) is 1. The molecule has 0 fully saturated rings. The van der Waals surface area contributed by atoms with Crippen LogP contribution in [0.1, 0.15) is 29.7 Å². The third-order valence-electron chi connectivity index (χ3n) is 3.84. The van der Waals surface area contributed by atoms with Crippen molar-refractivity contribution in [2.24, 2.45) is 0 Å². The van der Waals surface area contributed by atoms with Crippen LogP contribution in [0, 0.1) is 0 Å². The van der Waals surface area contributed by atoms with Crippen LogP contribution >= 0.6 is 0 Å². The molecule has 1 aliphatic heterocycles. The smallest absolute Gasteiger partial charge is 0.0721 e. The van der Waals surface area contributed by atoms with E-state index < -0.39 is 0 Å². The van der Waals surface area contributed by atoms with Crippen molar-refractivity contribution in [3.8, 4) is 0 Å². The molecule has 0 spiro atoms. The Labute approximate surface area is 120 Å². The van der Waals surface area contributed by atoms with E-state index >= 15 is 0 Å². The van der Waals surface area contributed by atoms with Gasteiger partial charge in [0.2, 0.25) is 0 Å². The lowest BCUT2D eigenvalue weighted by Gasteiger charge is -2.29. The summed E-state index contributed by atoms with van der Waals surface area (Å²) in [6.45, 7) is 3.74. The second-order valence-corrected chi connectivity index (χ2v) is 5.52. The summed E-state index contributed by atoms with van der Waals surface area (Å²) in [5, 5.41) is 3.70. The number of rotatable bonds is 4. The van der Waals surface area contributed by atoms with Crippen LogP contribution in [0.3, 0.4) is 0 Å². The number of benzene rings is 2. The zero-order chi connectivity index (χ0) is 13.8. The summed E-state index contributed by atoms with van der Waals surface area (Å²) in [6.07, 6.45) is 1.04. The van der Waals surface area contributed by atoms with Gasteiger partial charge in [-0.3, -0.25) is 0 Å². The van der Waals surface area contributed by atoms with Gasteiger partial charge in [0.05, 0.1) is 19.3 Å². The van der Waals surface area contributed by atoms with Crippen molar-refractivity contribution in [1.82, 2.24) is 5.32 Å². The molecule has 20 heavy (non-hydrogen) atoms. The molecule has 0 aliphatic carbocycles. The molecule has 2 aromatic rings. The van der Waals surface area contributed by atoms with Crippen LogP contribution in [0.2, 0.25) is 0 Å². The summed E-state index contributed by atoms with van der Waals surface area (Å²) in [5.41, 5.74) is 4.07. The van der Waals surface area contributed by atoms with Gasteiger partial charge in [-0.2, -0.15) is 0 Å². The van der Waals surface area contributed by atoms with Gasteiger partial charge in [-0.1, -0.05) is 54.6 Å². The van der Waals surface area contributed by atoms with Crippen molar-refractivity contribution in [3.05, 3.63) is 71.3 Å². The van der Waals surface area contributed by atoms with E-state index in [0.29, 0.717) is 12.1 Å². The molecule has 0 amide bonds. The van der Waals surface area contributed by atoms with Crippen molar-refractivity contribution in [2.45, 2.75) is 32.0 Å². The molecule has 104 valence electrons. The average Bonchev–Trinajstić information content (AvgIpc) is 2.48. The van der Waals surface area contributed by atoms with E-state index in [-0.39, 0.29) is 0 Å². The Kier molecular flexibility index (Phi) is 4.14. The Morgan fingerprint density at radius 1 is 1.10 bits per heavy atom. The summed E-state index contributed by atoms with van der Waals surface area (Å²) in [4.78, 5) is 0. The third kappa shape index (κ3) is 3.09. The second-order valence-electron chi connectivity index (χ2n) is 5.52. The molecule has 0 bridgehead atoms. The molecule has 2 aromatic carbocycles. The van der Waals surface area contributed by atoms with E-state index in [4.69, 9.17) is 4.74 Å². The van der Waals surface area contributed by atoms with Gasteiger partial charge in [-0.05, 0) is 30.0 Å². The van der Waals surface area contributed by atoms with Crippen molar-refractivity contribution in [3.63, 3.8) is 0 Å². The summed E-state index contributed by atoms with van der Waals surface area (Å²) in [6, 6.07) is 19.9. The molecule has 0 radical (unpaired) electrons. The van der Waals surface area contributed by atoms with Gasteiger partial charge >= 0.3 is 0 Å². The van der Waals surface area contributed by atoms with Gasteiger partial charge in [0.25, 0.3) is 0 Å². The van der Waals surface area contributed by atoms with E-state index in [0.717, 1.165) is 19.6 Å². The lowest BCUT2D eigenvalue weighted by Crippen LogP contribution is -2.36. The van der Waals surface area contributed by atoms with E-state index in [1.165, 1.54) is 16.7 Å². The van der Waals surface area contributed by atoms with Crippen LogP contribution < -0.4 is 5.32 Å². The quantitative estimate of drug-likeness (QED) is 0.915. The molecule has 0 saturated carbocycles. The minimum atomic E-state index is 0.304. The van der Waals surface area contributed by atoms with Crippen LogP contribution in [0.5, 0.6) is 0 Å². The molecule has 2 unspecified atom stereocenters. The van der Waals surface area contributed by atoms with Gasteiger partial charge in [-0.15, -0.1) is 0 Å². The largest absolute Gasteiger partial charge is 0.375 e. The van der Waals surface area contributed by atoms with Gasteiger partial charge in [0.1, 0.15) is 0 Å². The molecule has 1 heterocycles. The van der Waals surface area contributed by atoms with Crippen molar-refractivity contribution in [2.75, 3.05) is 6.61 Å². The monoisotopic (exact) mass is 267 g/mol. The fraction of sp³-hybridized carbons (Fsp3) is 0.333. The fourth-order valence-corrected chi connectivity index (χ4v) is 2.89. The number of fused-ring (bicyclic) bond motifs is 1. The summed E-state index contributed by atoms with van der Waals surface area (Å²) < 4.78 is 5.70. The second kappa shape index (κ2) is 6.21. The number of nitrogens with one attached hydrogen (secondary N) is 1. The number of hydrogen-bond acceptors (Lipinski definition) is 2. The highest BCUT2D eigenvalue weighted by molar-refractivity contribution is 5.31. The molecular formula is C18H21NO. The maximum atomic E-state index is 5.70. The first-order valence-corrected chi connectivity index (χ1v) is 7.28. The molecule has 2 atom stereocenters. The minimum Gasteiger partial charge on any atom is -0.375 e. The molecule has 2 nitrogen and oxygen atoms in total. The zero-order valence-corrected chi connectivity index (χ0v) is 11.9. The molecule has 1 aliphatic rings. The molecule has 0 saturated heterocycles. The maximum Gasteiger partial charge on any atom is 0.0721 e. The molecule has 3 rings (SSSR count). The van der Waals surface area contributed by atoms with E-state index in [1.807, 2.05) is 0 Å². The van der Waals surface area contributed by atoms with Crippen LogP contribution in [0.4, 0.5) is 0 Å². The molecular weight excluding hydrogens is 246 g/mol. The summed E-state index contributed by atoms with van der Waals surface area (Å²) in [7, 11) is 0. The Bertz CT molecular complexity index is 552. The highest BCUT2D eigenvalue weighted by atomic mass is 16.5. The fourth-order valence-electron chi connectivity index (χ4n) is 2.89. The highest BCUT2D eigenvalue weighted by Crippen LogP contribution is 2.25. The third-order valence-corrected chi connectivity index (χ3v) is 3.84. The van der Waals surface area contributed by atoms with Crippen LogP contribution in [0.25, 0.3) is 0 Å². The predicted molar refractivity (Wildman–Crippen MR) is 81.6 cm³/mol. The SMILES string of the molecule is CC(Cc1ccccc1)NC1COCc2ccccc21. The van der Waals surface area contributed by atoms with E-state index in [1.54, 1.807) is 0 Å². The van der Waals surface area contributed by atoms with Gasteiger partial charge in [-0.25, -0.2) is 0 Å². The summed E-state index contributed by atoms with van der Waals surface area (Å²) in [5.74, 6) is 0. The van der Waals surface area contributed by atoms with Crippen LogP contribution in [-0.2, 0) is 17.8 Å².